The normalized spacial score (nSPS) is 30.2. The Morgan fingerprint density at radius 2 is 2.11 bits per heavy atom. The molecule has 0 aliphatic carbocycles. The Morgan fingerprint density at radius 1 is 1.37 bits per heavy atom. The minimum Gasteiger partial charge on any atom is -0.378 e. The molecule has 1 aromatic carbocycles. The zero-order valence-corrected chi connectivity index (χ0v) is 10.8. The van der Waals surface area contributed by atoms with Crippen LogP contribution in [0, 0.1) is 5.41 Å². The van der Waals surface area contributed by atoms with Gasteiger partial charge in [-0.05, 0) is 12.5 Å². The summed E-state index contributed by atoms with van der Waals surface area (Å²) in [6.07, 6.45) is 0. The molecule has 5 heteroatoms. The second kappa shape index (κ2) is 4.35. The Morgan fingerprint density at radius 3 is 2.84 bits per heavy atom. The maximum Gasteiger partial charge on any atom is 0.324 e. The van der Waals surface area contributed by atoms with Gasteiger partial charge in [-0.15, -0.1) is 0 Å². The largest absolute Gasteiger partial charge is 0.378 e. The Bertz CT molecular complexity index is 517. The van der Waals surface area contributed by atoms with E-state index in [1.54, 1.807) is 0 Å². The highest BCUT2D eigenvalue weighted by Crippen LogP contribution is 2.34. The molecule has 2 heterocycles. The molecule has 1 aromatic rings. The lowest BCUT2D eigenvalue weighted by atomic mass is 9.82. The molecule has 0 bridgehead atoms. The van der Waals surface area contributed by atoms with Crippen LogP contribution in [0.3, 0.4) is 0 Å². The molecule has 2 atom stereocenters. The molecule has 2 fully saturated rings. The van der Waals surface area contributed by atoms with Crippen molar-refractivity contribution in [1.82, 2.24) is 10.2 Å². The second-order valence-electron chi connectivity index (χ2n) is 5.31. The molecule has 0 saturated carbocycles. The molecule has 1 N–H and O–H groups in total. The van der Waals surface area contributed by atoms with E-state index in [0.717, 1.165) is 5.56 Å². The third-order valence-corrected chi connectivity index (χ3v) is 3.92. The highest BCUT2D eigenvalue weighted by molar-refractivity contribution is 6.00. The summed E-state index contributed by atoms with van der Waals surface area (Å²) in [7, 11) is 0. The van der Waals surface area contributed by atoms with Crippen LogP contribution < -0.4 is 5.32 Å². The number of urea groups is 1. The smallest absolute Gasteiger partial charge is 0.324 e. The lowest BCUT2D eigenvalue weighted by molar-refractivity contribution is -0.141. The van der Waals surface area contributed by atoms with E-state index < -0.39 is 5.41 Å². The van der Waals surface area contributed by atoms with Crippen LogP contribution in [0.15, 0.2) is 30.3 Å². The van der Waals surface area contributed by atoms with Gasteiger partial charge < -0.3 is 10.1 Å². The highest BCUT2D eigenvalue weighted by Gasteiger charge is 2.53. The van der Waals surface area contributed by atoms with E-state index in [9.17, 15) is 9.59 Å². The Kier molecular flexibility index (Phi) is 2.78. The number of fused-ring (bicyclic) bond motifs is 1. The van der Waals surface area contributed by atoms with Gasteiger partial charge in [0, 0.05) is 0 Å². The summed E-state index contributed by atoms with van der Waals surface area (Å²) >= 11 is 0. The van der Waals surface area contributed by atoms with Crippen LogP contribution in [-0.4, -0.2) is 36.1 Å². The van der Waals surface area contributed by atoms with E-state index in [4.69, 9.17) is 4.74 Å². The molecule has 0 spiro atoms. The highest BCUT2D eigenvalue weighted by atomic mass is 16.5. The number of rotatable bonds is 2. The molecule has 2 aliphatic heterocycles. The van der Waals surface area contributed by atoms with E-state index in [0.29, 0.717) is 19.8 Å². The summed E-state index contributed by atoms with van der Waals surface area (Å²) in [6, 6.07) is 8.96. The van der Waals surface area contributed by atoms with Crippen LogP contribution in [0.2, 0.25) is 0 Å². The van der Waals surface area contributed by atoms with Crippen molar-refractivity contribution in [3.05, 3.63) is 35.9 Å². The van der Waals surface area contributed by atoms with Gasteiger partial charge in [-0.2, -0.15) is 0 Å². The topological polar surface area (TPSA) is 58.6 Å². The first-order valence-corrected chi connectivity index (χ1v) is 6.35. The van der Waals surface area contributed by atoms with Crippen LogP contribution in [-0.2, 0) is 16.1 Å². The van der Waals surface area contributed by atoms with Crippen molar-refractivity contribution in [2.45, 2.75) is 19.5 Å². The minimum absolute atomic E-state index is 0.150. The molecule has 2 unspecified atom stereocenters. The SMILES string of the molecule is CC12COCC1NC(=O)N(Cc1ccccc1)C2=O. The van der Waals surface area contributed by atoms with Crippen LogP contribution in [0.4, 0.5) is 4.79 Å². The summed E-state index contributed by atoms with van der Waals surface area (Å²) in [5.41, 5.74) is 0.301. The second-order valence-corrected chi connectivity index (χ2v) is 5.31. The number of carbonyl (C=O) groups is 2. The maximum absolute atomic E-state index is 12.5. The van der Waals surface area contributed by atoms with Crippen LogP contribution in [0.1, 0.15) is 12.5 Å². The van der Waals surface area contributed by atoms with Crippen LogP contribution >= 0.6 is 0 Å². The van der Waals surface area contributed by atoms with Gasteiger partial charge in [0.25, 0.3) is 0 Å². The fraction of sp³-hybridized carbons (Fsp3) is 0.429. The van der Waals surface area contributed by atoms with Gasteiger partial charge in [0.05, 0.1) is 31.2 Å². The van der Waals surface area contributed by atoms with E-state index in [1.807, 2.05) is 37.3 Å². The quantitative estimate of drug-likeness (QED) is 0.867. The molecular weight excluding hydrogens is 244 g/mol. The molecule has 0 radical (unpaired) electrons. The standard InChI is InChI=1S/C14H16N2O3/c1-14-9-19-8-11(14)15-13(18)16(12(14)17)7-10-5-3-2-4-6-10/h2-6,11H,7-9H2,1H3,(H,15,18). The molecule has 5 nitrogen and oxygen atoms in total. The third kappa shape index (κ3) is 1.90. The number of imide groups is 1. The van der Waals surface area contributed by atoms with Crippen molar-refractivity contribution in [2.75, 3.05) is 13.2 Å². The molecule has 19 heavy (non-hydrogen) atoms. The number of hydrogen-bond donors (Lipinski definition) is 1. The van der Waals surface area contributed by atoms with Gasteiger partial charge in [0.1, 0.15) is 0 Å². The first-order valence-electron chi connectivity index (χ1n) is 6.35. The van der Waals surface area contributed by atoms with Crippen molar-refractivity contribution in [2.24, 2.45) is 5.41 Å². The fourth-order valence-electron chi connectivity index (χ4n) is 2.62. The Balaban J connectivity index is 1.85. The number of nitrogens with zero attached hydrogens (tertiary/aromatic N) is 1. The monoisotopic (exact) mass is 260 g/mol. The zero-order valence-electron chi connectivity index (χ0n) is 10.8. The number of carbonyl (C=O) groups excluding carboxylic acids is 2. The maximum atomic E-state index is 12.5. The Labute approximate surface area is 111 Å². The average Bonchev–Trinajstić information content (AvgIpc) is 2.79. The van der Waals surface area contributed by atoms with E-state index in [2.05, 4.69) is 5.32 Å². The molecule has 2 aliphatic rings. The number of ether oxygens (including phenoxy) is 1. The number of nitrogens with one attached hydrogen (secondary N) is 1. The van der Waals surface area contributed by atoms with E-state index in [-0.39, 0.29) is 18.0 Å². The van der Waals surface area contributed by atoms with Gasteiger partial charge in [-0.25, -0.2) is 4.79 Å². The first kappa shape index (κ1) is 12.2. The lowest BCUT2D eigenvalue weighted by Crippen LogP contribution is -2.64. The van der Waals surface area contributed by atoms with Crippen molar-refractivity contribution >= 4 is 11.9 Å². The summed E-state index contributed by atoms with van der Waals surface area (Å²) in [5.74, 6) is -0.150. The lowest BCUT2D eigenvalue weighted by Gasteiger charge is -2.39. The minimum atomic E-state index is -0.636. The summed E-state index contributed by atoms with van der Waals surface area (Å²) in [4.78, 5) is 25.8. The van der Waals surface area contributed by atoms with Gasteiger partial charge in [-0.1, -0.05) is 30.3 Å². The summed E-state index contributed by atoms with van der Waals surface area (Å²) in [5, 5.41) is 2.86. The molecular formula is C14H16N2O3. The van der Waals surface area contributed by atoms with Crippen molar-refractivity contribution in [1.29, 1.82) is 0 Å². The molecule has 0 aromatic heterocycles. The van der Waals surface area contributed by atoms with E-state index >= 15 is 0 Å². The average molecular weight is 260 g/mol. The van der Waals surface area contributed by atoms with Gasteiger partial charge in [0.2, 0.25) is 5.91 Å². The number of hydrogen-bond acceptors (Lipinski definition) is 3. The predicted molar refractivity (Wildman–Crippen MR) is 68.2 cm³/mol. The fourth-order valence-corrected chi connectivity index (χ4v) is 2.62. The number of benzene rings is 1. The van der Waals surface area contributed by atoms with Crippen molar-refractivity contribution in [3.8, 4) is 0 Å². The summed E-state index contributed by atoms with van der Waals surface area (Å²) in [6.45, 7) is 2.92. The predicted octanol–water partition coefficient (Wildman–Crippen LogP) is 1.14. The molecule has 3 rings (SSSR count). The molecule has 3 amide bonds. The van der Waals surface area contributed by atoms with Crippen molar-refractivity contribution in [3.63, 3.8) is 0 Å². The number of amides is 3. The first-order chi connectivity index (χ1) is 9.11. The van der Waals surface area contributed by atoms with E-state index in [1.165, 1.54) is 4.90 Å². The van der Waals surface area contributed by atoms with Gasteiger partial charge in [-0.3, -0.25) is 9.69 Å². The van der Waals surface area contributed by atoms with Crippen LogP contribution in [0.25, 0.3) is 0 Å². The van der Waals surface area contributed by atoms with Crippen molar-refractivity contribution < 1.29 is 14.3 Å². The van der Waals surface area contributed by atoms with Crippen LogP contribution in [0.5, 0.6) is 0 Å². The molecule has 2 saturated heterocycles. The Hall–Kier alpha value is -1.88. The summed E-state index contributed by atoms with van der Waals surface area (Å²) < 4.78 is 5.35. The third-order valence-electron chi connectivity index (χ3n) is 3.92. The zero-order chi connectivity index (χ0) is 13.5. The molecule has 100 valence electrons. The van der Waals surface area contributed by atoms with Gasteiger partial charge in [0.15, 0.2) is 0 Å². The van der Waals surface area contributed by atoms with Gasteiger partial charge >= 0.3 is 6.03 Å².